The fraction of sp³-hybridized carbons (Fsp3) is 0.182. The second-order valence-corrected chi connectivity index (χ2v) is 6.75. The van der Waals surface area contributed by atoms with Gasteiger partial charge in [0.25, 0.3) is 11.8 Å². The van der Waals surface area contributed by atoms with E-state index in [-0.39, 0.29) is 12.1 Å². The second kappa shape index (κ2) is 6.88. The zero-order valence-corrected chi connectivity index (χ0v) is 15.7. The Morgan fingerprint density at radius 2 is 1.71 bits per heavy atom. The molecule has 1 N–H and O–H groups in total. The van der Waals surface area contributed by atoms with Gasteiger partial charge in [0.2, 0.25) is 0 Å². The van der Waals surface area contributed by atoms with E-state index >= 15 is 0 Å². The van der Waals surface area contributed by atoms with Crippen molar-refractivity contribution >= 4 is 28.3 Å². The highest BCUT2D eigenvalue weighted by molar-refractivity contribution is 6.34. The van der Waals surface area contributed by atoms with Crippen LogP contribution in [0.4, 0.5) is 0 Å². The highest BCUT2D eigenvalue weighted by Crippen LogP contribution is 2.30. The minimum atomic E-state index is -0.656. The smallest absolute Gasteiger partial charge is 0.296 e. The Morgan fingerprint density at radius 3 is 2.43 bits per heavy atom. The predicted octanol–water partition coefficient (Wildman–Crippen LogP) is 3.07. The summed E-state index contributed by atoms with van der Waals surface area (Å²) >= 11 is 0. The fourth-order valence-electron chi connectivity index (χ4n) is 3.64. The van der Waals surface area contributed by atoms with Gasteiger partial charge in [-0.15, -0.1) is 0 Å². The van der Waals surface area contributed by atoms with Crippen molar-refractivity contribution in [1.82, 2.24) is 9.47 Å². The lowest BCUT2D eigenvalue weighted by Gasteiger charge is -2.14. The molecule has 3 aromatic rings. The zero-order valence-electron chi connectivity index (χ0n) is 15.7. The predicted molar refractivity (Wildman–Crippen MR) is 106 cm³/mol. The maximum atomic E-state index is 12.8. The Morgan fingerprint density at radius 1 is 1.00 bits per heavy atom. The summed E-state index contributed by atoms with van der Waals surface area (Å²) in [6, 6.07) is 14.7. The number of methoxy groups -OCH3 is 1. The van der Waals surface area contributed by atoms with Crippen molar-refractivity contribution in [3.8, 4) is 5.75 Å². The summed E-state index contributed by atoms with van der Waals surface area (Å²) in [5, 5.41) is 11.4. The highest BCUT2D eigenvalue weighted by Gasteiger charge is 2.38. The number of aromatic nitrogens is 1. The monoisotopic (exact) mass is 376 g/mol. The van der Waals surface area contributed by atoms with Crippen molar-refractivity contribution in [2.24, 2.45) is 7.05 Å². The summed E-state index contributed by atoms with van der Waals surface area (Å²) in [5.41, 5.74) is 2.67. The molecule has 0 unspecified atom stereocenters. The first-order valence-electron chi connectivity index (χ1n) is 8.98. The van der Waals surface area contributed by atoms with E-state index in [0.717, 1.165) is 21.4 Å². The average molecular weight is 376 g/mol. The molecule has 0 saturated heterocycles. The normalized spacial score (nSPS) is 14.4. The van der Waals surface area contributed by atoms with Crippen LogP contribution in [0.25, 0.3) is 16.5 Å². The molecule has 6 heteroatoms. The maximum absolute atomic E-state index is 12.8. The Bertz CT molecular complexity index is 1110. The lowest BCUT2D eigenvalue weighted by molar-refractivity contribution is -0.138. The van der Waals surface area contributed by atoms with Gasteiger partial charge in [-0.05, 0) is 35.7 Å². The third kappa shape index (κ3) is 2.83. The van der Waals surface area contributed by atoms with Crippen LogP contribution in [-0.2, 0) is 23.1 Å². The second-order valence-electron chi connectivity index (χ2n) is 6.75. The first kappa shape index (κ1) is 17.9. The number of hydrogen-bond donors (Lipinski definition) is 1. The number of amides is 2. The molecule has 0 saturated carbocycles. The van der Waals surface area contributed by atoms with Crippen LogP contribution in [0.3, 0.4) is 0 Å². The van der Waals surface area contributed by atoms with E-state index in [1.807, 2.05) is 42.1 Å². The molecule has 0 fully saturated rings. The number of benzene rings is 2. The molecule has 142 valence electrons. The molecule has 0 radical (unpaired) electrons. The molecule has 1 aliphatic rings. The van der Waals surface area contributed by atoms with Crippen molar-refractivity contribution in [2.75, 3.05) is 13.7 Å². The first-order valence-corrected chi connectivity index (χ1v) is 8.98. The van der Waals surface area contributed by atoms with E-state index in [1.165, 1.54) is 0 Å². The Hall–Kier alpha value is -3.54. The lowest BCUT2D eigenvalue weighted by atomic mass is 10.1. The van der Waals surface area contributed by atoms with Crippen molar-refractivity contribution in [1.29, 1.82) is 0 Å². The number of carbonyl (C=O) groups is 2. The van der Waals surface area contributed by atoms with Crippen molar-refractivity contribution < 1.29 is 19.4 Å². The standard InChI is InChI=1S/C22H20N2O4/c1-23-13-15(17-5-3-4-6-18(17)23)11-12-24-21(26)19(20(25)22(24)27)14-7-9-16(28-2)10-8-14/h3-10,13,25H,11-12H2,1-2H3. The number of carbonyl (C=O) groups excluding carboxylic acids is 2. The van der Waals surface area contributed by atoms with E-state index in [1.54, 1.807) is 31.4 Å². The van der Waals surface area contributed by atoms with Gasteiger partial charge in [-0.2, -0.15) is 0 Å². The summed E-state index contributed by atoms with van der Waals surface area (Å²) in [5.74, 6) is -1.01. The van der Waals surface area contributed by atoms with E-state index in [4.69, 9.17) is 4.74 Å². The number of hydrogen-bond acceptors (Lipinski definition) is 4. The van der Waals surface area contributed by atoms with Crippen molar-refractivity contribution in [3.05, 3.63) is 71.6 Å². The molecule has 0 atom stereocenters. The Labute approximate surface area is 162 Å². The SMILES string of the molecule is COc1ccc(C2=C(O)C(=O)N(CCc3cn(C)c4ccccc34)C2=O)cc1. The molecule has 28 heavy (non-hydrogen) atoms. The number of ether oxygens (including phenoxy) is 1. The Balaban J connectivity index is 1.56. The number of para-hydroxylation sites is 1. The molecule has 6 nitrogen and oxygen atoms in total. The van der Waals surface area contributed by atoms with Crippen molar-refractivity contribution in [2.45, 2.75) is 6.42 Å². The van der Waals surface area contributed by atoms with Crippen LogP contribution < -0.4 is 4.74 Å². The quantitative estimate of drug-likeness (QED) is 0.695. The molecule has 1 aliphatic heterocycles. The minimum absolute atomic E-state index is 0.0329. The number of nitrogens with zero attached hydrogens (tertiary/aromatic N) is 2. The van der Waals surface area contributed by atoms with Crippen LogP contribution >= 0.6 is 0 Å². The molecular formula is C22H20N2O4. The maximum Gasteiger partial charge on any atom is 0.296 e. The molecule has 0 aliphatic carbocycles. The van der Waals surface area contributed by atoms with Gasteiger partial charge in [0.05, 0.1) is 12.7 Å². The number of aliphatic hydroxyl groups is 1. The van der Waals surface area contributed by atoms with E-state index in [9.17, 15) is 14.7 Å². The summed E-state index contributed by atoms with van der Waals surface area (Å²) in [7, 11) is 3.51. The molecule has 4 rings (SSSR count). The van der Waals surface area contributed by atoms with Gasteiger partial charge >= 0.3 is 0 Å². The number of aliphatic hydroxyl groups excluding tert-OH is 1. The number of rotatable bonds is 5. The number of aryl methyl sites for hydroxylation is 1. The third-order valence-electron chi connectivity index (χ3n) is 5.11. The summed E-state index contributed by atoms with van der Waals surface area (Å²) in [6.07, 6.45) is 2.52. The summed E-state index contributed by atoms with van der Waals surface area (Å²) in [4.78, 5) is 26.4. The van der Waals surface area contributed by atoms with Gasteiger partial charge < -0.3 is 14.4 Å². The van der Waals surface area contributed by atoms with Gasteiger partial charge in [-0.25, -0.2) is 0 Å². The van der Waals surface area contributed by atoms with E-state index < -0.39 is 17.6 Å². The largest absolute Gasteiger partial charge is 0.502 e. The summed E-state index contributed by atoms with van der Waals surface area (Å²) < 4.78 is 7.13. The highest BCUT2D eigenvalue weighted by atomic mass is 16.5. The minimum Gasteiger partial charge on any atom is -0.502 e. The summed E-state index contributed by atoms with van der Waals surface area (Å²) in [6.45, 7) is 0.204. The molecule has 1 aromatic heterocycles. The molecule has 2 amide bonds. The molecule has 2 heterocycles. The molecule has 2 aromatic carbocycles. The van der Waals surface area contributed by atoms with Gasteiger partial charge in [-0.1, -0.05) is 30.3 Å². The topological polar surface area (TPSA) is 71.8 Å². The van der Waals surface area contributed by atoms with Gasteiger partial charge in [0.1, 0.15) is 5.75 Å². The van der Waals surface area contributed by atoms with Crippen LogP contribution in [0.1, 0.15) is 11.1 Å². The molecule has 0 spiro atoms. The molecule has 0 bridgehead atoms. The van der Waals surface area contributed by atoms with Crippen LogP contribution in [-0.4, -0.2) is 40.0 Å². The van der Waals surface area contributed by atoms with Gasteiger partial charge in [0, 0.05) is 30.7 Å². The van der Waals surface area contributed by atoms with Crippen LogP contribution in [0.5, 0.6) is 5.75 Å². The number of imide groups is 1. The van der Waals surface area contributed by atoms with Gasteiger partial charge in [-0.3, -0.25) is 14.5 Å². The van der Waals surface area contributed by atoms with E-state index in [0.29, 0.717) is 17.7 Å². The van der Waals surface area contributed by atoms with Crippen LogP contribution in [0.2, 0.25) is 0 Å². The fourth-order valence-corrected chi connectivity index (χ4v) is 3.64. The number of fused-ring (bicyclic) bond motifs is 1. The zero-order chi connectivity index (χ0) is 19.8. The Kier molecular flexibility index (Phi) is 4.39. The average Bonchev–Trinajstić information content (AvgIpc) is 3.14. The van der Waals surface area contributed by atoms with Gasteiger partial charge in [0.15, 0.2) is 5.76 Å². The first-order chi connectivity index (χ1) is 13.5. The lowest BCUT2D eigenvalue weighted by Crippen LogP contribution is -2.33. The van der Waals surface area contributed by atoms with Crippen LogP contribution in [0.15, 0.2) is 60.5 Å². The van der Waals surface area contributed by atoms with Crippen LogP contribution in [0, 0.1) is 0 Å². The third-order valence-corrected chi connectivity index (χ3v) is 5.11. The van der Waals surface area contributed by atoms with Crippen molar-refractivity contribution in [3.63, 3.8) is 0 Å². The molecular weight excluding hydrogens is 356 g/mol. The van der Waals surface area contributed by atoms with E-state index in [2.05, 4.69) is 0 Å².